The highest BCUT2D eigenvalue weighted by molar-refractivity contribution is 5.92. The molecule has 3 N–H and O–H groups in total. The molecule has 142 valence electrons. The van der Waals surface area contributed by atoms with Gasteiger partial charge in [-0.2, -0.15) is 0 Å². The number of piperidine rings is 1. The van der Waals surface area contributed by atoms with Gasteiger partial charge >= 0.3 is 0 Å². The Morgan fingerprint density at radius 3 is 2.96 bits per heavy atom. The van der Waals surface area contributed by atoms with Gasteiger partial charge in [-0.05, 0) is 32.2 Å². The SMILES string of the molecule is O=C(N[C@@H]1CN2CCCC[C@@]2(C(=O)NCc2ncc[nH]2)C1)c1cnccn1. The van der Waals surface area contributed by atoms with E-state index in [9.17, 15) is 9.59 Å². The summed E-state index contributed by atoms with van der Waals surface area (Å²) in [6.07, 6.45) is 11.4. The van der Waals surface area contributed by atoms with Crippen molar-refractivity contribution in [2.24, 2.45) is 0 Å². The number of rotatable bonds is 5. The van der Waals surface area contributed by atoms with Crippen LogP contribution in [0.2, 0.25) is 0 Å². The van der Waals surface area contributed by atoms with Crippen LogP contribution in [0.15, 0.2) is 31.0 Å². The number of carbonyl (C=O) groups excluding carboxylic acids is 2. The fourth-order valence-corrected chi connectivity index (χ4v) is 4.17. The van der Waals surface area contributed by atoms with Crippen LogP contribution in [-0.2, 0) is 11.3 Å². The molecule has 0 unspecified atom stereocenters. The quantitative estimate of drug-likeness (QED) is 0.695. The minimum absolute atomic E-state index is 0.00912. The number of aromatic nitrogens is 4. The second-order valence-corrected chi connectivity index (χ2v) is 7.12. The number of H-pyrrole nitrogens is 1. The van der Waals surface area contributed by atoms with Crippen LogP contribution in [0.1, 0.15) is 42.0 Å². The first-order valence-electron chi connectivity index (χ1n) is 9.26. The van der Waals surface area contributed by atoms with E-state index in [0.29, 0.717) is 25.2 Å². The third-order valence-corrected chi connectivity index (χ3v) is 5.42. The summed E-state index contributed by atoms with van der Waals surface area (Å²) in [6.45, 7) is 1.91. The van der Waals surface area contributed by atoms with E-state index in [1.807, 2.05) is 0 Å². The van der Waals surface area contributed by atoms with Crippen LogP contribution in [0.3, 0.4) is 0 Å². The molecule has 2 atom stereocenters. The van der Waals surface area contributed by atoms with Gasteiger partial charge in [0.15, 0.2) is 0 Å². The van der Waals surface area contributed by atoms with Crippen molar-refractivity contribution < 1.29 is 9.59 Å². The van der Waals surface area contributed by atoms with Crippen molar-refractivity contribution in [3.63, 3.8) is 0 Å². The number of imidazole rings is 1. The minimum Gasteiger partial charge on any atom is -0.347 e. The Morgan fingerprint density at radius 2 is 2.19 bits per heavy atom. The normalized spacial score (nSPS) is 25.0. The van der Waals surface area contributed by atoms with Crippen LogP contribution in [-0.4, -0.2) is 61.3 Å². The van der Waals surface area contributed by atoms with Crippen LogP contribution in [0, 0.1) is 0 Å². The van der Waals surface area contributed by atoms with E-state index in [1.165, 1.54) is 18.6 Å². The second-order valence-electron chi connectivity index (χ2n) is 7.12. The molecule has 0 aromatic carbocycles. The maximum Gasteiger partial charge on any atom is 0.271 e. The number of nitrogens with one attached hydrogen (secondary N) is 3. The molecule has 2 amide bonds. The third-order valence-electron chi connectivity index (χ3n) is 5.42. The number of fused-ring (bicyclic) bond motifs is 1. The van der Waals surface area contributed by atoms with E-state index in [2.05, 4.69) is 35.5 Å². The van der Waals surface area contributed by atoms with Crippen LogP contribution >= 0.6 is 0 Å². The van der Waals surface area contributed by atoms with E-state index < -0.39 is 5.54 Å². The highest BCUT2D eigenvalue weighted by Gasteiger charge is 2.52. The molecule has 9 heteroatoms. The summed E-state index contributed by atoms with van der Waals surface area (Å²) in [4.78, 5) is 42.8. The van der Waals surface area contributed by atoms with Gasteiger partial charge in [0.25, 0.3) is 5.91 Å². The molecule has 2 aromatic rings. The molecule has 0 aliphatic carbocycles. The number of amides is 2. The number of hydrogen-bond donors (Lipinski definition) is 3. The molecule has 27 heavy (non-hydrogen) atoms. The van der Waals surface area contributed by atoms with Crippen LogP contribution in [0.5, 0.6) is 0 Å². The van der Waals surface area contributed by atoms with Gasteiger partial charge in [-0.15, -0.1) is 0 Å². The zero-order chi connectivity index (χ0) is 18.7. The summed E-state index contributed by atoms with van der Waals surface area (Å²) in [6, 6.07) is -0.0908. The highest BCUT2D eigenvalue weighted by atomic mass is 16.2. The Kier molecular flexibility index (Phi) is 4.85. The van der Waals surface area contributed by atoms with Crippen LogP contribution in [0.4, 0.5) is 0 Å². The van der Waals surface area contributed by atoms with Crippen molar-refractivity contribution in [2.45, 2.75) is 43.8 Å². The van der Waals surface area contributed by atoms with Crippen molar-refractivity contribution in [1.82, 2.24) is 35.5 Å². The Balaban J connectivity index is 1.44. The average molecular weight is 369 g/mol. The summed E-state index contributed by atoms with van der Waals surface area (Å²) >= 11 is 0. The number of hydrogen-bond acceptors (Lipinski definition) is 6. The maximum absolute atomic E-state index is 13.1. The monoisotopic (exact) mass is 369 g/mol. The van der Waals surface area contributed by atoms with Crippen molar-refractivity contribution in [3.05, 3.63) is 42.5 Å². The third kappa shape index (κ3) is 3.55. The summed E-state index contributed by atoms with van der Waals surface area (Å²) in [5.74, 6) is 0.488. The van der Waals surface area contributed by atoms with E-state index in [0.717, 1.165) is 31.6 Å². The molecule has 2 aliphatic rings. The fourth-order valence-electron chi connectivity index (χ4n) is 4.17. The number of aromatic amines is 1. The van der Waals surface area contributed by atoms with E-state index in [1.54, 1.807) is 12.4 Å². The Bertz CT molecular complexity index is 795. The summed E-state index contributed by atoms with van der Waals surface area (Å²) in [5, 5.41) is 6.03. The summed E-state index contributed by atoms with van der Waals surface area (Å²) < 4.78 is 0. The largest absolute Gasteiger partial charge is 0.347 e. The molecule has 4 rings (SSSR count). The molecular weight excluding hydrogens is 346 g/mol. The Morgan fingerprint density at radius 1 is 1.26 bits per heavy atom. The minimum atomic E-state index is -0.564. The van der Waals surface area contributed by atoms with E-state index in [4.69, 9.17) is 0 Å². The Labute approximate surface area is 157 Å². The smallest absolute Gasteiger partial charge is 0.271 e. The van der Waals surface area contributed by atoms with Gasteiger partial charge < -0.3 is 15.6 Å². The molecule has 2 aliphatic heterocycles. The molecule has 2 aromatic heterocycles. The van der Waals surface area contributed by atoms with Gasteiger partial charge in [0.1, 0.15) is 17.1 Å². The molecular formula is C18H23N7O2. The average Bonchev–Trinajstić information content (AvgIpc) is 3.34. The zero-order valence-electron chi connectivity index (χ0n) is 15.0. The molecule has 9 nitrogen and oxygen atoms in total. The predicted octanol–water partition coefficient (Wildman–Crippen LogP) is 0.243. The number of nitrogens with zero attached hydrogens (tertiary/aromatic N) is 4. The van der Waals surface area contributed by atoms with Gasteiger partial charge in [0, 0.05) is 37.4 Å². The lowest BCUT2D eigenvalue weighted by molar-refractivity contribution is -0.134. The highest BCUT2D eigenvalue weighted by Crippen LogP contribution is 2.38. The lowest BCUT2D eigenvalue weighted by Crippen LogP contribution is -2.57. The van der Waals surface area contributed by atoms with Crippen molar-refractivity contribution in [1.29, 1.82) is 0 Å². The van der Waals surface area contributed by atoms with Crippen molar-refractivity contribution >= 4 is 11.8 Å². The molecule has 2 fully saturated rings. The Hall–Kier alpha value is -2.81. The molecule has 4 heterocycles. The first kappa shape index (κ1) is 17.6. The van der Waals surface area contributed by atoms with Gasteiger partial charge in [0.2, 0.25) is 5.91 Å². The van der Waals surface area contributed by atoms with Crippen LogP contribution < -0.4 is 10.6 Å². The van der Waals surface area contributed by atoms with Gasteiger partial charge in [-0.3, -0.25) is 19.5 Å². The first-order valence-corrected chi connectivity index (χ1v) is 9.26. The summed E-state index contributed by atoms with van der Waals surface area (Å²) in [7, 11) is 0. The van der Waals surface area contributed by atoms with E-state index in [-0.39, 0.29) is 17.9 Å². The standard InChI is InChI=1S/C18H23N7O2/c26-16(14-10-19-4-5-20-14)24-13-9-18(3-1-2-8-25(18)12-13)17(27)23-11-15-21-6-7-22-15/h4-7,10,13H,1-3,8-9,11-12H2,(H,21,22)(H,23,27)(H,24,26)/t13-,18-/m0/s1. The lowest BCUT2D eigenvalue weighted by Gasteiger charge is -2.40. The first-order chi connectivity index (χ1) is 13.2. The molecule has 0 bridgehead atoms. The van der Waals surface area contributed by atoms with Gasteiger partial charge in [-0.25, -0.2) is 9.97 Å². The van der Waals surface area contributed by atoms with E-state index >= 15 is 0 Å². The lowest BCUT2D eigenvalue weighted by atomic mass is 9.84. The molecule has 2 saturated heterocycles. The maximum atomic E-state index is 13.1. The fraction of sp³-hybridized carbons (Fsp3) is 0.500. The molecule has 0 radical (unpaired) electrons. The van der Waals surface area contributed by atoms with Crippen LogP contribution in [0.25, 0.3) is 0 Å². The summed E-state index contributed by atoms with van der Waals surface area (Å²) in [5.41, 5.74) is -0.274. The number of carbonyl (C=O) groups is 2. The molecule has 0 saturated carbocycles. The zero-order valence-corrected chi connectivity index (χ0v) is 15.0. The van der Waals surface area contributed by atoms with Gasteiger partial charge in [-0.1, -0.05) is 0 Å². The predicted molar refractivity (Wildman–Crippen MR) is 96.5 cm³/mol. The van der Waals surface area contributed by atoms with Crippen molar-refractivity contribution in [2.75, 3.05) is 13.1 Å². The molecule has 0 spiro atoms. The topological polar surface area (TPSA) is 116 Å². The van der Waals surface area contributed by atoms with Crippen molar-refractivity contribution in [3.8, 4) is 0 Å². The van der Waals surface area contributed by atoms with Gasteiger partial charge in [0.05, 0.1) is 12.7 Å². The second kappa shape index (κ2) is 7.43.